The first kappa shape index (κ1) is 14.0. The van der Waals surface area contributed by atoms with Crippen LogP contribution in [0.25, 0.3) is 0 Å². The predicted octanol–water partition coefficient (Wildman–Crippen LogP) is 2.71. The Labute approximate surface area is 107 Å². The number of Topliss-reactive ketones (excluding diaryl/α,β-unsaturated/α-hetero) is 1. The molecule has 1 rings (SSSR count). The predicted molar refractivity (Wildman–Crippen MR) is 66.0 cm³/mol. The zero-order valence-electron chi connectivity index (χ0n) is 10.3. The Morgan fingerprint density at radius 1 is 1.41 bits per heavy atom. The molecule has 96 valence electrons. The van der Waals surface area contributed by atoms with E-state index in [2.05, 4.69) is 0 Å². The lowest BCUT2D eigenvalue weighted by atomic mass is 10.0. The molecule has 0 aromatic rings. The van der Waals surface area contributed by atoms with E-state index >= 15 is 0 Å². The Balaban J connectivity index is 2.70. The SMILES string of the molecule is CCCC(=O)C1=C(Cl)CCN(C(=O)OCC)C1. The van der Waals surface area contributed by atoms with E-state index in [-0.39, 0.29) is 18.4 Å². The molecular formula is C12H18ClNO3. The van der Waals surface area contributed by atoms with Crippen molar-refractivity contribution in [3.05, 3.63) is 10.6 Å². The van der Waals surface area contributed by atoms with Gasteiger partial charge in [0.15, 0.2) is 5.78 Å². The van der Waals surface area contributed by atoms with Crippen molar-refractivity contribution in [2.24, 2.45) is 0 Å². The largest absolute Gasteiger partial charge is 0.450 e. The van der Waals surface area contributed by atoms with E-state index < -0.39 is 0 Å². The molecule has 0 fully saturated rings. The second-order valence-corrected chi connectivity index (χ2v) is 4.38. The molecule has 1 heterocycles. The number of halogens is 1. The summed E-state index contributed by atoms with van der Waals surface area (Å²) in [6, 6.07) is 0. The summed E-state index contributed by atoms with van der Waals surface area (Å²) in [5.74, 6) is 0.0338. The first-order valence-electron chi connectivity index (χ1n) is 5.92. The lowest BCUT2D eigenvalue weighted by Crippen LogP contribution is -2.38. The van der Waals surface area contributed by atoms with E-state index in [0.717, 1.165) is 6.42 Å². The minimum absolute atomic E-state index is 0.0338. The van der Waals surface area contributed by atoms with Crippen LogP contribution in [0.1, 0.15) is 33.1 Å². The minimum Gasteiger partial charge on any atom is -0.450 e. The van der Waals surface area contributed by atoms with Crippen LogP contribution in [0.5, 0.6) is 0 Å². The second kappa shape index (κ2) is 6.64. The van der Waals surface area contributed by atoms with Gasteiger partial charge in [0.05, 0.1) is 13.2 Å². The summed E-state index contributed by atoms with van der Waals surface area (Å²) in [6.07, 6.45) is 1.41. The maximum absolute atomic E-state index is 11.8. The third-order valence-corrected chi connectivity index (χ3v) is 3.03. The first-order valence-corrected chi connectivity index (χ1v) is 6.30. The standard InChI is InChI=1S/C12H18ClNO3/c1-3-5-11(15)9-8-14(7-6-10(9)13)12(16)17-4-2/h3-8H2,1-2H3. The van der Waals surface area contributed by atoms with Crippen molar-refractivity contribution < 1.29 is 14.3 Å². The van der Waals surface area contributed by atoms with Gasteiger partial charge in [-0.3, -0.25) is 4.79 Å². The third-order valence-electron chi connectivity index (χ3n) is 2.62. The number of amides is 1. The van der Waals surface area contributed by atoms with E-state index in [4.69, 9.17) is 16.3 Å². The highest BCUT2D eigenvalue weighted by molar-refractivity contribution is 6.32. The van der Waals surface area contributed by atoms with Crippen LogP contribution in [0.15, 0.2) is 10.6 Å². The van der Waals surface area contributed by atoms with E-state index in [1.165, 1.54) is 4.90 Å². The molecule has 5 heteroatoms. The van der Waals surface area contributed by atoms with Gasteiger partial charge in [-0.15, -0.1) is 0 Å². The molecule has 0 atom stereocenters. The van der Waals surface area contributed by atoms with Crippen molar-refractivity contribution in [2.75, 3.05) is 19.7 Å². The Bertz CT molecular complexity index is 339. The van der Waals surface area contributed by atoms with E-state index in [1.807, 2.05) is 6.92 Å². The molecule has 0 radical (unpaired) electrons. The summed E-state index contributed by atoms with van der Waals surface area (Å²) in [6.45, 7) is 4.83. The van der Waals surface area contributed by atoms with Crippen molar-refractivity contribution in [1.82, 2.24) is 4.90 Å². The van der Waals surface area contributed by atoms with Crippen LogP contribution < -0.4 is 0 Å². The summed E-state index contributed by atoms with van der Waals surface area (Å²) in [7, 11) is 0. The molecule has 0 spiro atoms. The second-order valence-electron chi connectivity index (χ2n) is 3.93. The summed E-state index contributed by atoms with van der Waals surface area (Å²) in [5, 5.41) is 0.587. The summed E-state index contributed by atoms with van der Waals surface area (Å²) < 4.78 is 4.91. The van der Waals surface area contributed by atoms with Crippen LogP contribution in [0.2, 0.25) is 0 Å². The number of carbonyl (C=O) groups is 2. The van der Waals surface area contributed by atoms with Gasteiger partial charge in [0.1, 0.15) is 0 Å². The maximum Gasteiger partial charge on any atom is 0.410 e. The van der Waals surface area contributed by atoms with Gasteiger partial charge in [-0.2, -0.15) is 0 Å². The molecular weight excluding hydrogens is 242 g/mol. The number of ether oxygens (including phenoxy) is 1. The quantitative estimate of drug-likeness (QED) is 0.780. The Hall–Kier alpha value is -1.03. The Morgan fingerprint density at radius 2 is 2.12 bits per heavy atom. The average molecular weight is 260 g/mol. The summed E-state index contributed by atoms with van der Waals surface area (Å²) in [5.41, 5.74) is 0.563. The molecule has 0 aromatic carbocycles. The summed E-state index contributed by atoms with van der Waals surface area (Å²) in [4.78, 5) is 24.9. The molecule has 0 aromatic heterocycles. The van der Waals surface area contributed by atoms with Crippen molar-refractivity contribution in [2.45, 2.75) is 33.1 Å². The van der Waals surface area contributed by atoms with Gasteiger partial charge in [0.25, 0.3) is 0 Å². The molecule has 0 saturated heterocycles. The molecule has 17 heavy (non-hydrogen) atoms. The van der Waals surface area contributed by atoms with Gasteiger partial charge in [0.2, 0.25) is 0 Å². The number of rotatable bonds is 4. The fourth-order valence-corrected chi connectivity index (χ4v) is 1.98. The molecule has 0 aliphatic carbocycles. The van der Waals surface area contributed by atoms with E-state index in [0.29, 0.717) is 36.6 Å². The highest BCUT2D eigenvalue weighted by Crippen LogP contribution is 2.23. The fourth-order valence-electron chi connectivity index (χ4n) is 1.73. The molecule has 0 unspecified atom stereocenters. The Morgan fingerprint density at radius 3 is 2.71 bits per heavy atom. The van der Waals surface area contributed by atoms with Crippen LogP contribution in [0.3, 0.4) is 0 Å². The Kier molecular flexibility index (Phi) is 5.48. The fraction of sp³-hybridized carbons (Fsp3) is 0.667. The number of ketones is 1. The lowest BCUT2D eigenvalue weighted by Gasteiger charge is -2.27. The third kappa shape index (κ3) is 3.73. The number of hydrogen-bond donors (Lipinski definition) is 0. The van der Waals surface area contributed by atoms with Gasteiger partial charge in [-0.25, -0.2) is 4.79 Å². The zero-order chi connectivity index (χ0) is 12.8. The van der Waals surface area contributed by atoms with Crippen molar-refractivity contribution in [3.8, 4) is 0 Å². The van der Waals surface area contributed by atoms with Crippen LogP contribution in [-0.4, -0.2) is 36.5 Å². The smallest absolute Gasteiger partial charge is 0.410 e. The van der Waals surface area contributed by atoms with Gasteiger partial charge in [-0.1, -0.05) is 18.5 Å². The zero-order valence-corrected chi connectivity index (χ0v) is 11.0. The highest BCUT2D eigenvalue weighted by Gasteiger charge is 2.26. The van der Waals surface area contributed by atoms with Crippen molar-refractivity contribution >= 4 is 23.5 Å². The van der Waals surface area contributed by atoms with Crippen LogP contribution >= 0.6 is 11.6 Å². The number of nitrogens with zero attached hydrogens (tertiary/aromatic N) is 1. The number of carbonyl (C=O) groups excluding carboxylic acids is 2. The minimum atomic E-state index is -0.376. The average Bonchev–Trinajstić information content (AvgIpc) is 2.30. The first-order chi connectivity index (χ1) is 8.10. The van der Waals surface area contributed by atoms with Gasteiger partial charge in [0, 0.05) is 30.0 Å². The number of hydrogen-bond acceptors (Lipinski definition) is 3. The van der Waals surface area contributed by atoms with Crippen LogP contribution in [0.4, 0.5) is 4.79 Å². The topological polar surface area (TPSA) is 46.6 Å². The molecule has 0 N–H and O–H groups in total. The van der Waals surface area contributed by atoms with E-state index in [9.17, 15) is 9.59 Å². The molecule has 4 nitrogen and oxygen atoms in total. The van der Waals surface area contributed by atoms with Gasteiger partial charge >= 0.3 is 6.09 Å². The maximum atomic E-state index is 11.8. The highest BCUT2D eigenvalue weighted by atomic mass is 35.5. The van der Waals surface area contributed by atoms with Crippen LogP contribution in [-0.2, 0) is 9.53 Å². The monoisotopic (exact) mass is 259 g/mol. The van der Waals surface area contributed by atoms with E-state index in [1.54, 1.807) is 6.92 Å². The van der Waals surface area contributed by atoms with Gasteiger partial charge < -0.3 is 9.64 Å². The lowest BCUT2D eigenvalue weighted by molar-refractivity contribution is -0.115. The van der Waals surface area contributed by atoms with Crippen molar-refractivity contribution in [1.29, 1.82) is 0 Å². The van der Waals surface area contributed by atoms with Crippen molar-refractivity contribution in [3.63, 3.8) is 0 Å². The molecule has 1 aliphatic heterocycles. The van der Waals surface area contributed by atoms with Gasteiger partial charge in [-0.05, 0) is 13.3 Å². The molecule has 0 bridgehead atoms. The molecule has 1 aliphatic rings. The molecule has 0 saturated carbocycles. The summed E-state index contributed by atoms with van der Waals surface area (Å²) >= 11 is 6.04. The normalized spacial score (nSPS) is 16.1. The van der Waals surface area contributed by atoms with Crippen LogP contribution in [0, 0.1) is 0 Å². The molecule has 1 amide bonds.